The van der Waals surface area contributed by atoms with Crippen LogP contribution < -0.4 is 0 Å². The highest BCUT2D eigenvalue weighted by Gasteiger charge is 2.35. The number of hydrogen-bond acceptors (Lipinski definition) is 4. The molecule has 0 bridgehead atoms. The lowest BCUT2D eigenvalue weighted by molar-refractivity contribution is -0.133. The fraction of sp³-hybridized carbons (Fsp3) is 0.136. The lowest BCUT2D eigenvalue weighted by Crippen LogP contribution is -2.13. The predicted octanol–water partition coefficient (Wildman–Crippen LogP) is 5.64. The smallest absolute Gasteiger partial charge is 0.317 e. The molecule has 2 N–H and O–H groups in total. The topological polar surface area (TPSA) is 66.8 Å². The van der Waals surface area contributed by atoms with Crippen molar-refractivity contribution in [2.24, 2.45) is 0 Å². The molecule has 4 nitrogen and oxygen atoms in total. The van der Waals surface area contributed by atoms with Gasteiger partial charge in [-0.15, -0.1) is 0 Å². The molecule has 0 saturated heterocycles. The summed E-state index contributed by atoms with van der Waals surface area (Å²) >= 11 is 0. The highest BCUT2D eigenvalue weighted by Crippen LogP contribution is 2.69. The lowest BCUT2D eigenvalue weighted by Gasteiger charge is -2.39. The molecule has 0 aliphatic rings. The average Bonchev–Trinajstić information content (AvgIpc) is 2.68. The Morgan fingerprint density at radius 2 is 1.22 bits per heavy atom. The highest BCUT2D eigenvalue weighted by atomic mass is 32.3. The van der Waals surface area contributed by atoms with Crippen molar-refractivity contribution >= 4 is 16.3 Å². The predicted molar refractivity (Wildman–Crippen MR) is 106 cm³/mol. The Kier molecular flexibility index (Phi) is 5.72. The van der Waals surface area contributed by atoms with Gasteiger partial charge in [-0.3, -0.25) is 4.79 Å². The van der Waals surface area contributed by atoms with E-state index in [1.807, 2.05) is 37.3 Å². The van der Waals surface area contributed by atoms with Crippen molar-refractivity contribution in [3.8, 4) is 11.5 Å². The van der Waals surface area contributed by atoms with Crippen molar-refractivity contribution in [3.63, 3.8) is 0 Å². The van der Waals surface area contributed by atoms with Crippen molar-refractivity contribution < 1.29 is 19.2 Å². The molecule has 0 unspecified atom stereocenters. The molecule has 0 aliphatic heterocycles. The Hall–Kier alpha value is -2.92. The van der Waals surface area contributed by atoms with Gasteiger partial charge in [0, 0.05) is 21.1 Å². The summed E-state index contributed by atoms with van der Waals surface area (Å²) in [5.74, 6) is 0.00825. The molecule has 3 rings (SSSR count). The molecule has 0 fully saturated rings. The third kappa shape index (κ3) is 3.93. The van der Waals surface area contributed by atoms with Crippen molar-refractivity contribution in [3.05, 3.63) is 78.9 Å². The van der Waals surface area contributed by atoms with E-state index < -0.39 is 10.3 Å². The van der Waals surface area contributed by atoms with Crippen LogP contribution in [0.4, 0.5) is 0 Å². The molecular weight excluding hydrogens is 360 g/mol. The molecule has 27 heavy (non-hydrogen) atoms. The van der Waals surface area contributed by atoms with E-state index in [2.05, 4.69) is 0 Å². The first-order valence-electron chi connectivity index (χ1n) is 8.75. The van der Waals surface area contributed by atoms with Crippen LogP contribution in [0.2, 0.25) is 0 Å². The largest absolute Gasteiger partial charge is 0.508 e. The number of rotatable bonds is 6. The van der Waals surface area contributed by atoms with Gasteiger partial charge in [-0.1, -0.05) is 25.1 Å². The van der Waals surface area contributed by atoms with Crippen molar-refractivity contribution in [2.45, 2.75) is 34.5 Å². The maximum atomic E-state index is 12.6. The Morgan fingerprint density at radius 3 is 1.67 bits per heavy atom. The number of phenols is 2. The molecule has 0 atom stereocenters. The molecule has 0 heterocycles. The maximum Gasteiger partial charge on any atom is 0.317 e. The van der Waals surface area contributed by atoms with Crippen LogP contribution in [0.5, 0.6) is 11.5 Å². The van der Waals surface area contributed by atoms with Crippen molar-refractivity contribution in [2.75, 3.05) is 0 Å². The van der Waals surface area contributed by atoms with E-state index in [1.54, 1.807) is 48.5 Å². The normalized spacial score (nSPS) is 11.7. The second kappa shape index (κ2) is 8.18. The van der Waals surface area contributed by atoms with Crippen LogP contribution in [0.3, 0.4) is 0 Å². The first kappa shape index (κ1) is 18.9. The monoisotopic (exact) mass is 382 g/mol. The highest BCUT2D eigenvalue weighted by molar-refractivity contribution is 8.30. The van der Waals surface area contributed by atoms with Gasteiger partial charge >= 0.3 is 5.97 Å². The number of benzene rings is 3. The molecule has 0 saturated carbocycles. The summed E-state index contributed by atoms with van der Waals surface area (Å²) in [7, 11) is -2.36. The van der Waals surface area contributed by atoms with Crippen LogP contribution in [0.15, 0.2) is 93.5 Å². The zero-order valence-electron chi connectivity index (χ0n) is 15.0. The van der Waals surface area contributed by atoms with E-state index >= 15 is 0 Å². The SMILES string of the molecule is CCCC(=O)OS(c1ccccc1)(c1ccc(O)cc1)c1ccc(O)cc1. The summed E-state index contributed by atoms with van der Waals surface area (Å²) < 4.78 is 6.20. The molecule has 0 radical (unpaired) electrons. The zero-order chi connectivity index (χ0) is 19.3. The van der Waals surface area contributed by atoms with Gasteiger partial charge in [0.15, 0.2) is 0 Å². The second-order valence-electron chi connectivity index (χ2n) is 6.06. The summed E-state index contributed by atoms with van der Waals surface area (Å²) in [5, 5.41) is 19.5. The van der Waals surface area contributed by atoms with E-state index in [1.165, 1.54) is 0 Å². The molecular formula is C22H22O4S. The minimum Gasteiger partial charge on any atom is -0.508 e. The van der Waals surface area contributed by atoms with Crippen LogP contribution >= 0.6 is 10.3 Å². The van der Waals surface area contributed by atoms with Crippen LogP contribution in [-0.2, 0) is 8.98 Å². The van der Waals surface area contributed by atoms with Crippen LogP contribution in [0.1, 0.15) is 19.8 Å². The van der Waals surface area contributed by atoms with Crippen LogP contribution in [0, 0.1) is 0 Å². The lowest BCUT2D eigenvalue weighted by atomic mass is 10.3. The van der Waals surface area contributed by atoms with E-state index in [0.29, 0.717) is 12.8 Å². The van der Waals surface area contributed by atoms with E-state index in [4.69, 9.17) is 4.18 Å². The van der Waals surface area contributed by atoms with Gasteiger partial charge in [-0.2, -0.15) is 0 Å². The minimum absolute atomic E-state index is 0.144. The molecule has 0 aliphatic carbocycles. The second-order valence-corrected chi connectivity index (χ2v) is 8.76. The first-order chi connectivity index (χ1) is 13.1. The molecule has 5 heteroatoms. The fourth-order valence-corrected chi connectivity index (χ4v) is 5.87. The van der Waals surface area contributed by atoms with Crippen molar-refractivity contribution in [1.29, 1.82) is 0 Å². The average molecular weight is 382 g/mol. The Morgan fingerprint density at radius 1 is 0.778 bits per heavy atom. The number of hydrogen-bond donors (Lipinski definition) is 2. The molecule has 0 amide bonds. The molecule has 3 aromatic rings. The molecule has 0 aromatic heterocycles. The third-order valence-corrected chi connectivity index (χ3v) is 7.33. The summed E-state index contributed by atoms with van der Waals surface area (Å²) in [6.45, 7) is 1.93. The van der Waals surface area contributed by atoms with Gasteiger partial charge in [-0.25, -0.2) is 0 Å². The third-order valence-electron chi connectivity index (χ3n) is 4.08. The summed E-state index contributed by atoms with van der Waals surface area (Å²) in [5.41, 5.74) is 0. The first-order valence-corrected chi connectivity index (χ1v) is 10.3. The molecule has 0 spiro atoms. The minimum atomic E-state index is -2.36. The maximum absolute atomic E-state index is 12.6. The Bertz CT molecular complexity index is 844. The summed E-state index contributed by atoms with van der Waals surface area (Å²) in [6, 6.07) is 23.1. The van der Waals surface area contributed by atoms with Gasteiger partial charge in [0.05, 0.1) is 0 Å². The van der Waals surface area contributed by atoms with E-state index in [9.17, 15) is 15.0 Å². The Balaban J connectivity index is 2.28. The van der Waals surface area contributed by atoms with Gasteiger partial charge in [0.1, 0.15) is 11.5 Å². The van der Waals surface area contributed by atoms with Gasteiger partial charge in [-0.05, 0) is 77.4 Å². The quantitative estimate of drug-likeness (QED) is 0.579. The molecule has 140 valence electrons. The fourth-order valence-electron chi connectivity index (χ4n) is 2.83. The van der Waals surface area contributed by atoms with Gasteiger partial charge < -0.3 is 14.4 Å². The van der Waals surface area contributed by atoms with Gasteiger partial charge in [0.25, 0.3) is 0 Å². The van der Waals surface area contributed by atoms with Crippen LogP contribution in [0.25, 0.3) is 0 Å². The van der Waals surface area contributed by atoms with Crippen molar-refractivity contribution in [1.82, 2.24) is 0 Å². The standard InChI is InChI=1S/C22H22O4S/c1-2-6-22(25)26-27(19-7-4-3-5-8-19,20-13-9-17(23)10-14-20)21-15-11-18(24)12-16-21/h3-5,7-16,23-24H,2,6H2,1H3. The number of carbonyl (C=O) groups excluding carboxylic acids is 1. The van der Waals surface area contributed by atoms with E-state index in [0.717, 1.165) is 14.7 Å². The number of aromatic hydroxyl groups is 2. The zero-order valence-corrected chi connectivity index (χ0v) is 15.9. The number of phenolic OH excluding ortho intramolecular Hbond substituents is 2. The summed E-state index contributed by atoms with van der Waals surface area (Å²) in [4.78, 5) is 15.1. The Labute approximate surface area is 160 Å². The summed E-state index contributed by atoms with van der Waals surface area (Å²) in [6.07, 6.45) is 1.01. The van der Waals surface area contributed by atoms with Gasteiger partial charge in [0.2, 0.25) is 0 Å². The number of carbonyl (C=O) groups is 1. The molecule has 3 aromatic carbocycles. The van der Waals surface area contributed by atoms with E-state index in [-0.39, 0.29) is 17.5 Å². The van der Waals surface area contributed by atoms with Crippen LogP contribution in [-0.4, -0.2) is 16.2 Å².